The normalized spacial score (nSPS) is 18.9. The lowest BCUT2D eigenvalue weighted by atomic mass is 9.69. The molecule has 0 bridgehead atoms. The Morgan fingerprint density at radius 3 is 2.32 bits per heavy atom. The Labute approximate surface area is 280 Å². The summed E-state index contributed by atoms with van der Waals surface area (Å²) in [6.07, 6.45) is 15.5. The Balaban J connectivity index is 1.07. The molecule has 47 heavy (non-hydrogen) atoms. The summed E-state index contributed by atoms with van der Waals surface area (Å²) >= 11 is 1.82. The summed E-state index contributed by atoms with van der Waals surface area (Å²) in [5.74, 6) is 2.54. The fourth-order valence-corrected chi connectivity index (χ4v) is 9.12. The molecule has 0 radical (unpaired) electrons. The van der Waals surface area contributed by atoms with Crippen LogP contribution in [0.1, 0.15) is 53.5 Å². The van der Waals surface area contributed by atoms with Crippen molar-refractivity contribution in [3.8, 4) is 22.6 Å². The summed E-state index contributed by atoms with van der Waals surface area (Å²) in [6.45, 7) is 8.67. The van der Waals surface area contributed by atoms with Crippen LogP contribution < -0.4 is 4.74 Å². The Bertz CT molecular complexity index is 2390. The van der Waals surface area contributed by atoms with Gasteiger partial charge in [0.2, 0.25) is 0 Å². The van der Waals surface area contributed by atoms with Crippen molar-refractivity contribution in [3.05, 3.63) is 185 Å². The van der Waals surface area contributed by atoms with E-state index in [9.17, 15) is 0 Å². The summed E-state index contributed by atoms with van der Waals surface area (Å²) in [7, 11) is 0. The number of rotatable bonds is 4. The summed E-state index contributed by atoms with van der Waals surface area (Å²) in [5, 5.41) is 2.55. The molecule has 0 spiro atoms. The lowest BCUT2D eigenvalue weighted by molar-refractivity contribution is 0.423. The van der Waals surface area contributed by atoms with E-state index in [-0.39, 0.29) is 11.3 Å². The molecule has 2 heterocycles. The van der Waals surface area contributed by atoms with E-state index in [1.807, 2.05) is 17.4 Å². The molecule has 226 valence electrons. The van der Waals surface area contributed by atoms with Crippen LogP contribution in [-0.4, -0.2) is 0 Å². The van der Waals surface area contributed by atoms with Gasteiger partial charge in [-0.1, -0.05) is 154 Å². The predicted molar refractivity (Wildman–Crippen MR) is 200 cm³/mol. The van der Waals surface area contributed by atoms with E-state index in [4.69, 9.17) is 4.74 Å². The zero-order valence-corrected chi connectivity index (χ0v) is 27.4. The van der Waals surface area contributed by atoms with Gasteiger partial charge in [0, 0.05) is 43.9 Å². The summed E-state index contributed by atoms with van der Waals surface area (Å²) in [4.78, 5) is 0. The molecule has 5 aromatic carbocycles. The number of allylic oxidation sites excluding steroid dienone is 8. The SMILES string of the molecule is C=C/C=C(\C=C\c1ccc2c(c1)Oc1c(ccc3c1sc1ccccc13)C2(C)C)C1=CC2c3ccccc3-c3ccccc3C2C=C1. The average Bonchev–Trinajstić information content (AvgIpc) is 3.49. The maximum atomic E-state index is 6.81. The second kappa shape index (κ2) is 10.7. The van der Waals surface area contributed by atoms with E-state index < -0.39 is 0 Å². The molecule has 0 fully saturated rings. The lowest BCUT2D eigenvalue weighted by Crippen LogP contribution is -2.24. The van der Waals surface area contributed by atoms with Crippen molar-refractivity contribution in [1.29, 1.82) is 0 Å². The number of hydrogen-bond acceptors (Lipinski definition) is 2. The highest BCUT2D eigenvalue weighted by Gasteiger charge is 2.36. The first-order chi connectivity index (χ1) is 23.0. The molecule has 9 rings (SSSR count). The van der Waals surface area contributed by atoms with Crippen LogP contribution in [0.25, 0.3) is 37.4 Å². The maximum absolute atomic E-state index is 6.81. The van der Waals surface area contributed by atoms with Crippen molar-refractivity contribution in [2.24, 2.45) is 0 Å². The fourth-order valence-electron chi connectivity index (χ4n) is 7.94. The Morgan fingerprint density at radius 1 is 0.787 bits per heavy atom. The molecule has 2 aliphatic carbocycles. The highest BCUT2D eigenvalue weighted by Crippen LogP contribution is 2.54. The maximum Gasteiger partial charge on any atom is 0.149 e. The monoisotopic (exact) mass is 622 g/mol. The van der Waals surface area contributed by atoms with Crippen LogP contribution in [0.15, 0.2) is 157 Å². The van der Waals surface area contributed by atoms with Crippen LogP contribution in [0.4, 0.5) is 0 Å². The number of fused-ring (bicyclic) bond motifs is 12. The van der Waals surface area contributed by atoms with Crippen molar-refractivity contribution < 1.29 is 4.74 Å². The van der Waals surface area contributed by atoms with Gasteiger partial charge >= 0.3 is 0 Å². The summed E-state index contributed by atoms with van der Waals surface area (Å²) < 4.78 is 9.33. The molecule has 1 aliphatic heterocycles. The third kappa shape index (κ3) is 4.36. The van der Waals surface area contributed by atoms with E-state index in [2.05, 4.69) is 160 Å². The van der Waals surface area contributed by atoms with Crippen molar-refractivity contribution in [2.75, 3.05) is 0 Å². The highest BCUT2D eigenvalue weighted by molar-refractivity contribution is 7.26. The van der Waals surface area contributed by atoms with E-state index in [0.717, 1.165) is 22.6 Å². The van der Waals surface area contributed by atoms with Gasteiger partial charge in [-0.15, -0.1) is 11.3 Å². The molecular weight excluding hydrogens is 589 g/mol. The van der Waals surface area contributed by atoms with E-state index >= 15 is 0 Å². The van der Waals surface area contributed by atoms with E-state index in [1.54, 1.807) is 0 Å². The standard InChI is InChI=1S/C45H34OS/c1-4-11-29(30-21-22-35-33-14-6-5-12-31(33)32-13-7-8-15-34(32)38(35)27-30)20-18-28-19-24-39-41(26-28)46-43-40(45(39,2)3)25-23-37-36-16-9-10-17-42(36)47-44(37)43/h4-27,35,38H,1H2,2-3H3/b20-18+,29-11+. The molecule has 0 saturated carbocycles. The Kier molecular flexibility index (Phi) is 6.38. The molecular formula is C45H34OS. The molecule has 3 aliphatic rings. The first-order valence-corrected chi connectivity index (χ1v) is 17.2. The number of thiophene rings is 1. The zero-order chi connectivity index (χ0) is 31.7. The first kappa shape index (κ1) is 28.1. The third-order valence-corrected chi connectivity index (χ3v) is 11.5. The zero-order valence-electron chi connectivity index (χ0n) is 26.5. The fraction of sp³-hybridized carbons (Fsp3) is 0.111. The van der Waals surface area contributed by atoms with Crippen LogP contribution in [0.3, 0.4) is 0 Å². The van der Waals surface area contributed by atoms with Crippen molar-refractivity contribution in [2.45, 2.75) is 31.1 Å². The van der Waals surface area contributed by atoms with Crippen LogP contribution >= 0.6 is 11.3 Å². The second-order valence-electron chi connectivity index (χ2n) is 13.3. The van der Waals surface area contributed by atoms with Crippen molar-refractivity contribution in [3.63, 3.8) is 0 Å². The molecule has 0 N–H and O–H groups in total. The minimum Gasteiger partial charge on any atom is -0.455 e. The molecule has 6 aromatic rings. The third-order valence-electron chi connectivity index (χ3n) is 10.3. The van der Waals surface area contributed by atoms with Crippen LogP contribution in [-0.2, 0) is 5.41 Å². The van der Waals surface area contributed by atoms with Gasteiger partial charge in [-0.25, -0.2) is 0 Å². The molecule has 1 aromatic heterocycles. The second-order valence-corrected chi connectivity index (χ2v) is 14.4. The summed E-state index contributed by atoms with van der Waals surface area (Å²) in [6, 6.07) is 37.6. The predicted octanol–water partition coefficient (Wildman–Crippen LogP) is 12.7. The first-order valence-electron chi connectivity index (χ1n) is 16.4. The van der Waals surface area contributed by atoms with Crippen molar-refractivity contribution in [1.82, 2.24) is 0 Å². The lowest BCUT2D eigenvalue weighted by Gasteiger charge is -2.35. The Hall–Kier alpha value is -5.18. The highest BCUT2D eigenvalue weighted by atomic mass is 32.1. The average molecular weight is 623 g/mol. The number of hydrogen-bond donors (Lipinski definition) is 0. The van der Waals surface area contributed by atoms with Gasteiger partial charge < -0.3 is 4.74 Å². The van der Waals surface area contributed by atoms with Crippen LogP contribution in [0.5, 0.6) is 11.5 Å². The van der Waals surface area contributed by atoms with Gasteiger partial charge in [0.15, 0.2) is 0 Å². The van der Waals surface area contributed by atoms with E-state index in [0.29, 0.717) is 5.92 Å². The largest absolute Gasteiger partial charge is 0.455 e. The van der Waals surface area contributed by atoms with Gasteiger partial charge in [-0.3, -0.25) is 0 Å². The molecule has 0 amide bonds. The van der Waals surface area contributed by atoms with E-state index in [1.165, 1.54) is 59.1 Å². The Morgan fingerprint density at radius 2 is 1.51 bits per heavy atom. The van der Waals surface area contributed by atoms with Gasteiger partial charge in [0.25, 0.3) is 0 Å². The van der Waals surface area contributed by atoms with Crippen molar-refractivity contribution >= 4 is 37.6 Å². The minimum atomic E-state index is -0.174. The van der Waals surface area contributed by atoms with Gasteiger partial charge in [-0.2, -0.15) is 0 Å². The quantitative estimate of drug-likeness (QED) is 0.178. The van der Waals surface area contributed by atoms with Crippen LogP contribution in [0.2, 0.25) is 0 Å². The number of ether oxygens (including phenoxy) is 1. The smallest absolute Gasteiger partial charge is 0.149 e. The molecule has 2 heteroatoms. The molecule has 1 nitrogen and oxygen atoms in total. The summed E-state index contributed by atoms with van der Waals surface area (Å²) in [5.41, 5.74) is 11.2. The topological polar surface area (TPSA) is 9.23 Å². The molecule has 0 saturated heterocycles. The van der Waals surface area contributed by atoms with Gasteiger partial charge in [0.1, 0.15) is 11.5 Å². The number of benzene rings is 5. The molecule has 2 atom stereocenters. The molecule has 2 unspecified atom stereocenters. The van der Waals surface area contributed by atoms with Gasteiger partial charge in [0.05, 0.1) is 4.70 Å². The van der Waals surface area contributed by atoms with Crippen LogP contribution in [0, 0.1) is 0 Å². The minimum absolute atomic E-state index is 0.174. The van der Waals surface area contributed by atoms with Gasteiger partial charge in [-0.05, 0) is 51.1 Å².